The molecule has 0 radical (unpaired) electrons. The fourth-order valence-corrected chi connectivity index (χ4v) is 3.33. The molecule has 3 heterocycles. The van der Waals surface area contributed by atoms with E-state index >= 15 is 0 Å². The lowest BCUT2D eigenvalue weighted by molar-refractivity contribution is -0.141. The molecule has 0 aliphatic carbocycles. The Morgan fingerprint density at radius 2 is 2.08 bits per heavy atom. The van der Waals surface area contributed by atoms with Crippen LogP contribution in [0.15, 0.2) is 30.6 Å². The van der Waals surface area contributed by atoms with Crippen molar-refractivity contribution < 1.29 is 13.2 Å². The van der Waals surface area contributed by atoms with Crippen molar-refractivity contribution in [3.8, 4) is 0 Å². The van der Waals surface area contributed by atoms with Gasteiger partial charge in [-0.2, -0.15) is 13.2 Å². The van der Waals surface area contributed by atoms with Gasteiger partial charge in [-0.05, 0) is 39.1 Å². The maximum atomic E-state index is 12.9. The van der Waals surface area contributed by atoms with Gasteiger partial charge in [0.1, 0.15) is 17.3 Å². The zero-order valence-electron chi connectivity index (χ0n) is 15.1. The van der Waals surface area contributed by atoms with E-state index in [2.05, 4.69) is 19.4 Å². The number of halogens is 3. The van der Waals surface area contributed by atoms with Crippen LogP contribution in [0.4, 0.5) is 19.0 Å². The van der Waals surface area contributed by atoms with Gasteiger partial charge in [0.15, 0.2) is 0 Å². The summed E-state index contributed by atoms with van der Waals surface area (Å²) in [5, 5.41) is 0. The minimum absolute atomic E-state index is 0.192. The SMILES string of the molecule is CN(C)CCn1ccnc1[C@H]1CCCN(c2cccc(C(F)(F)F)n2)C1. The highest BCUT2D eigenvalue weighted by molar-refractivity contribution is 5.41. The number of alkyl halides is 3. The minimum Gasteiger partial charge on any atom is -0.356 e. The smallest absolute Gasteiger partial charge is 0.356 e. The monoisotopic (exact) mass is 367 g/mol. The fraction of sp³-hybridized carbons (Fsp3) is 0.556. The normalized spacial score (nSPS) is 18.5. The zero-order valence-corrected chi connectivity index (χ0v) is 15.1. The van der Waals surface area contributed by atoms with E-state index in [4.69, 9.17) is 0 Å². The number of hydrogen-bond donors (Lipinski definition) is 0. The van der Waals surface area contributed by atoms with Gasteiger partial charge in [0, 0.05) is 44.5 Å². The molecule has 3 rings (SSSR count). The summed E-state index contributed by atoms with van der Waals surface area (Å²) < 4.78 is 41.0. The summed E-state index contributed by atoms with van der Waals surface area (Å²) in [5.74, 6) is 1.58. The third kappa shape index (κ3) is 4.35. The van der Waals surface area contributed by atoms with E-state index in [1.165, 1.54) is 6.07 Å². The molecule has 0 unspecified atom stereocenters. The van der Waals surface area contributed by atoms with Crippen molar-refractivity contribution >= 4 is 5.82 Å². The molecule has 0 amide bonds. The third-order valence-electron chi connectivity index (χ3n) is 4.67. The largest absolute Gasteiger partial charge is 0.433 e. The van der Waals surface area contributed by atoms with Crippen LogP contribution in [-0.4, -0.2) is 53.2 Å². The Morgan fingerprint density at radius 1 is 1.27 bits per heavy atom. The summed E-state index contributed by atoms with van der Waals surface area (Å²) in [6, 6.07) is 4.09. The molecule has 1 fully saturated rings. The number of aromatic nitrogens is 3. The van der Waals surface area contributed by atoms with Gasteiger partial charge in [-0.1, -0.05) is 6.07 Å². The number of pyridine rings is 1. The average Bonchev–Trinajstić information content (AvgIpc) is 3.08. The summed E-state index contributed by atoms with van der Waals surface area (Å²) in [6.07, 6.45) is 1.23. The Bertz CT molecular complexity index is 726. The van der Waals surface area contributed by atoms with Crippen LogP contribution in [0.3, 0.4) is 0 Å². The molecule has 1 saturated heterocycles. The van der Waals surface area contributed by atoms with Crippen LogP contribution in [0.1, 0.15) is 30.3 Å². The van der Waals surface area contributed by atoms with Crippen molar-refractivity contribution in [1.29, 1.82) is 0 Å². The molecule has 142 valence electrons. The molecule has 5 nitrogen and oxygen atoms in total. The van der Waals surface area contributed by atoms with Crippen molar-refractivity contribution in [1.82, 2.24) is 19.4 Å². The Hall–Kier alpha value is -2.09. The van der Waals surface area contributed by atoms with Gasteiger partial charge in [0.05, 0.1) is 0 Å². The number of piperidine rings is 1. The quantitative estimate of drug-likeness (QED) is 0.813. The lowest BCUT2D eigenvalue weighted by Crippen LogP contribution is -2.36. The number of hydrogen-bond acceptors (Lipinski definition) is 4. The van der Waals surface area contributed by atoms with Gasteiger partial charge < -0.3 is 14.4 Å². The topological polar surface area (TPSA) is 37.2 Å². The second-order valence-electron chi connectivity index (χ2n) is 6.95. The highest BCUT2D eigenvalue weighted by Gasteiger charge is 2.33. The van der Waals surface area contributed by atoms with Crippen molar-refractivity contribution in [2.24, 2.45) is 0 Å². The first-order valence-electron chi connectivity index (χ1n) is 8.79. The van der Waals surface area contributed by atoms with Crippen LogP contribution in [-0.2, 0) is 12.7 Å². The molecule has 1 aliphatic heterocycles. The van der Waals surface area contributed by atoms with Gasteiger partial charge in [0.2, 0.25) is 0 Å². The van der Waals surface area contributed by atoms with Gasteiger partial charge in [-0.3, -0.25) is 0 Å². The number of likely N-dealkylation sites (N-methyl/N-ethyl adjacent to an activating group) is 1. The van der Waals surface area contributed by atoms with Crippen LogP contribution in [0, 0.1) is 0 Å². The Kier molecular flexibility index (Phi) is 5.50. The van der Waals surface area contributed by atoms with Gasteiger partial charge >= 0.3 is 6.18 Å². The first-order chi connectivity index (χ1) is 12.3. The van der Waals surface area contributed by atoms with Crippen molar-refractivity contribution in [3.05, 3.63) is 42.1 Å². The zero-order chi connectivity index (χ0) is 18.7. The van der Waals surface area contributed by atoms with E-state index in [1.807, 2.05) is 25.2 Å². The van der Waals surface area contributed by atoms with Crippen molar-refractivity contribution in [2.45, 2.75) is 31.5 Å². The summed E-state index contributed by atoms with van der Waals surface area (Å²) in [7, 11) is 4.05. The molecular weight excluding hydrogens is 343 g/mol. The molecule has 0 saturated carbocycles. The van der Waals surface area contributed by atoms with E-state index in [0.29, 0.717) is 18.9 Å². The molecule has 0 spiro atoms. The van der Waals surface area contributed by atoms with Gasteiger partial charge in [0.25, 0.3) is 0 Å². The Balaban J connectivity index is 1.75. The number of anilines is 1. The first-order valence-corrected chi connectivity index (χ1v) is 8.79. The maximum Gasteiger partial charge on any atom is 0.433 e. The summed E-state index contributed by atoms with van der Waals surface area (Å²) in [6.45, 7) is 3.10. The number of nitrogens with zero attached hydrogens (tertiary/aromatic N) is 5. The fourth-order valence-electron chi connectivity index (χ4n) is 3.33. The minimum atomic E-state index is -4.42. The van der Waals surface area contributed by atoms with E-state index in [1.54, 1.807) is 12.3 Å². The molecule has 1 aliphatic rings. The summed E-state index contributed by atoms with van der Waals surface area (Å²) in [5.41, 5.74) is -0.843. The van der Waals surface area contributed by atoms with Crippen LogP contribution < -0.4 is 4.90 Å². The highest BCUT2D eigenvalue weighted by Crippen LogP contribution is 2.32. The second-order valence-corrected chi connectivity index (χ2v) is 6.95. The predicted octanol–water partition coefficient (Wildman–Crippen LogP) is 3.24. The first kappa shape index (κ1) is 18.7. The van der Waals surface area contributed by atoms with Gasteiger partial charge in [-0.25, -0.2) is 9.97 Å². The van der Waals surface area contributed by atoms with Crippen LogP contribution >= 0.6 is 0 Å². The molecule has 8 heteroatoms. The van der Waals surface area contributed by atoms with Crippen molar-refractivity contribution in [3.63, 3.8) is 0 Å². The second kappa shape index (κ2) is 7.65. The van der Waals surface area contributed by atoms with E-state index in [0.717, 1.165) is 37.8 Å². The lowest BCUT2D eigenvalue weighted by Gasteiger charge is -2.33. The number of imidazole rings is 1. The molecule has 1 atom stereocenters. The van der Waals surface area contributed by atoms with Crippen LogP contribution in [0.25, 0.3) is 0 Å². The maximum absolute atomic E-state index is 12.9. The van der Waals surface area contributed by atoms with E-state index < -0.39 is 11.9 Å². The van der Waals surface area contributed by atoms with Crippen LogP contribution in [0.2, 0.25) is 0 Å². The summed E-state index contributed by atoms with van der Waals surface area (Å²) in [4.78, 5) is 12.4. The molecular formula is C18H24F3N5. The molecule has 2 aromatic rings. The lowest BCUT2D eigenvalue weighted by atomic mass is 9.97. The third-order valence-corrected chi connectivity index (χ3v) is 4.67. The Labute approximate surface area is 151 Å². The predicted molar refractivity (Wildman–Crippen MR) is 94.2 cm³/mol. The standard InChI is InChI=1S/C18H24F3N5/c1-24(2)11-12-25-10-8-22-17(25)14-5-4-9-26(13-14)16-7-3-6-15(23-16)18(19,20)21/h3,6-8,10,14H,4-5,9,11-13H2,1-2H3/t14-/m0/s1. The highest BCUT2D eigenvalue weighted by atomic mass is 19.4. The Morgan fingerprint density at radius 3 is 2.81 bits per heavy atom. The number of rotatable bonds is 5. The molecule has 0 bridgehead atoms. The van der Waals surface area contributed by atoms with E-state index in [-0.39, 0.29) is 5.92 Å². The molecule has 26 heavy (non-hydrogen) atoms. The average molecular weight is 367 g/mol. The van der Waals surface area contributed by atoms with Crippen LogP contribution in [0.5, 0.6) is 0 Å². The molecule has 0 N–H and O–H groups in total. The molecule has 0 aromatic carbocycles. The van der Waals surface area contributed by atoms with Gasteiger partial charge in [-0.15, -0.1) is 0 Å². The van der Waals surface area contributed by atoms with Crippen molar-refractivity contribution in [2.75, 3.05) is 38.6 Å². The summed E-state index contributed by atoms with van der Waals surface area (Å²) >= 11 is 0. The molecule has 2 aromatic heterocycles. The van der Waals surface area contributed by atoms with E-state index in [9.17, 15) is 13.2 Å².